The number of rotatable bonds is 2. The molecule has 0 fully saturated rings. The van der Waals surface area contributed by atoms with E-state index >= 15 is 0 Å². The Morgan fingerprint density at radius 1 is 1.00 bits per heavy atom. The van der Waals surface area contributed by atoms with Gasteiger partial charge < -0.3 is 5.73 Å². The molecule has 19 heavy (non-hydrogen) atoms. The van der Waals surface area contributed by atoms with Crippen molar-refractivity contribution < 1.29 is 13.2 Å². The van der Waals surface area contributed by atoms with Crippen molar-refractivity contribution in [2.45, 2.75) is 13.0 Å². The second kappa shape index (κ2) is 5.23. The van der Waals surface area contributed by atoms with E-state index in [0.29, 0.717) is 0 Å². The Morgan fingerprint density at radius 2 is 1.68 bits per heavy atom. The Bertz CT molecular complexity index is 626. The van der Waals surface area contributed by atoms with E-state index in [2.05, 4.69) is 0 Å². The molecule has 0 spiro atoms. The SMILES string of the molecule is CC(N)c1ccc(Cl)c(-c2ccc(F)c(F)c2F)c1. The predicted molar refractivity (Wildman–Crippen MR) is 69.4 cm³/mol. The summed E-state index contributed by atoms with van der Waals surface area (Å²) in [5.41, 5.74) is 6.65. The maximum atomic E-state index is 13.8. The van der Waals surface area contributed by atoms with Gasteiger partial charge in [0.2, 0.25) is 0 Å². The van der Waals surface area contributed by atoms with Gasteiger partial charge in [-0.05, 0) is 36.8 Å². The van der Waals surface area contributed by atoms with Crippen molar-refractivity contribution in [3.8, 4) is 11.1 Å². The second-order valence-corrected chi connectivity index (χ2v) is 4.66. The van der Waals surface area contributed by atoms with Crippen molar-refractivity contribution >= 4 is 11.6 Å². The van der Waals surface area contributed by atoms with E-state index in [-0.39, 0.29) is 22.2 Å². The molecule has 0 bridgehead atoms. The van der Waals surface area contributed by atoms with Crippen molar-refractivity contribution in [1.82, 2.24) is 0 Å². The molecule has 1 nitrogen and oxygen atoms in total. The molecule has 0 amide bonds. The molecule has 0 aliphatic rings. The van der Waals surface area contributed by atoms with Gasteiger partial charge in [0.15, 0.2) is 17.5 Å². The van der Waals surface area contributed by atoms with E-state index in [1.165, 1.54) is 0 Å². The summed E-state index contributed by atoms with van der Waals surface area (Å²) in [6.45, 7) is 1.76. The lowest BCUT2D eigenvalue weighted by molar-refractivity contribution is 0.449. The monoisotopic (exact) mass is 285 g/mol. The minimum Gasteiger partial charge on any atom is -0.324 e. The molecule has 1 unspecified atom stereocenters. The first kappa shape index (κ1) is 13.9. The van der Waals surface area contributed by atoms with Crippen LogP contribution >= 0.6 is 11.6 Å². The van der Waals surface area contributed by atoms with Crippen LogP contribution in [-0.2, 0) is 0 Å². The van der Waals surface area contributed by atoms with Crippen LogP contribution in [0.25, 0.3) is 11.1 Å². The van der Waals surface area contributed by atoms with Gasteiger partial charge in [0.05, 0.1) is 0 Å². The molecule has 0 saturated carbocycles. The molecule has 2 N–H and O–H groups in total. The molecule has 100 valence electrons. The van der Waals surface area contributed by atoms with Gasteiger partial charge in [0.1, 0.15) is 0 Å². The van der Waals surface area contributed by atoms with E-state index in [9.17, 15) is 13.2 Å². The summed E-state index contributed by atoms with van der Waals surface area (Å²) in [5.74, 6) is -4.01. The van der Waals surface area contributed by atoms with E-state index < -0.39 is 17.5 Å². The summed E-state index contributed by atoms with van der Waals surface area (Å²) in [4.78, 5) is 0. The number of nitrogens with two attached hydrogens (primary N) is 1. The first-order valence-corrected chi connectivity index (χ1v) is 5.98. The molecule has 2 aromatic carbocycles. The maximum Gasteiger partial charge on any atom is 0.195 e. The molecule has 0 aromatic heterocycles. The smallest absolute Gasteiger partial charge is 0.195 e. The third-order valence-corrected chi connectivity index (χ3v) is 3.17. The minimum atomic E-state index is -1.51. The molecule has 0 saturated heterocycles. The van der Waals surface area contributed by atoms with Crippen LogP contribution in [0.4, 0.5) is 13.2 Å². The van der Waals surface area contributed by atoms with Crippen molar-refractivity contribution in [2.75, 3.05) is 0 Å². The van der Waals surface area contributed by atoms with Gasteiger partial charge in [-0.2, -0.15) is 0 Å². The van der Waals surface area contributed by atoms with E-state index in [0.717, 1.165) is 17.7 Å². The van der Waals surface area contributed by atoms with Crippen LogP contribution in [0.5, 0.6) is 0 Å². The zero-order chi connectivity index (χ0) is 14.2. The van der Waals surface area contributed by atoms with Crippen LogP contribution in [-0.4, -0.2) is 0 Å². The summed E-state index contributed by atoms with van der Waals surface area (Å²) in [7, 11) is 0. The molecular formula is C14H11ClF3N. The second-order valence-electron chi connectivity index (χ2n) is 4.25. The number of benzene rings is 2. The Labute approximate surface area is 113 Å². The van der Waals surface area contributed by atoms with Crippen molar-refractivity contribution in [3.63, 3.8) is 0 Å². The van der Waals surface area contributed by atoms with Crippen LogP contribution in [0.1, 0.15) is 18.5 Å². The number of halogens is 4. The summed E-state index contributed by atoms with van der Waals surface area (Å²) >= 11 is 5.98. The maximum absolute atomic E-state index is 13.8. The summed E-state index contributed by atoms with van der Waals surface area (Å²) in [5, 5.41) is 0.245. The fraction of sp³-hybridized carbons (Fsp3) is 0.143. The highest BCUT2D eigenvalue weighted by Crippen LogP contribution is 2.33. The highest BCUT2D eigenvalue weighted by molar-refractivity contribution is 6.33. The van der Waals surface area contributed by atoms with Gasteiger partial charge in [-0.15, -0.1) is 0 Å². The molecule has 1 atom stereocenters. The average molecular weight is 286 g/mol. The number of hydrogen-bond acceptors (Lipinski definition) is 1. The molecular weight excluding hydrogens is 275 g/mol. The van der Waals surface area contributed by atoms with Crippen LogP contribution in [0.15, 0.2) is 30.3 Å². The van der Waals surface area contributed by atoms with Gasteiger partial charge in [0.25, 0.3) is 0 Å². The molecule has 2 rings (SSSR count). The largest absolute Gasteiger partial charge is 0.324 e. The van der Waals surface area contributed by atoms with Crippen molar-refractivity contribution in [3.05, 3.63) is 58.4 Å². The summed E-state index contributed by atoms with van der Waals surface area (Å²) in [6.07, 6.45) is 0. The quantitative estimate of drug-likeness (QED) is 0.811. The van der Waals surface area contributed by atoms with Crippen LogP contribution in [0, 0.1) is 17.5 Å². The third kappa shape index (κ3) is 2.60. The highest BCUT2D eigenvalue weighted by Gasteiger charge is 2.17. The van der Waals surface area contributed by atoms with E-state index in [1.807, 2.05) is 0 Å². The molecule has 0 aliphatic heterocycles. The standard InChI is InChI=1S/C14H11ClF3N/c1-7(19)8-2-4-11(15)10(6-8)9-3-5-12(16)14(18)13(9)17/h2-7H,19H2,1H3. The van der Waals surface area contributed by atoms with Crippen molar-refractivity contribution in [1.29, 1.82) is 0 Å². The molecule has 0 heterocycles. The first-order chi connectivity index (χ1) is 8.91. The minimum absolute atomic E-state index is 0.0913. The Hall–Kier alpha value is -1.52. The van der Waals surface area contributed by atoms with Crippen LogP contribution in [0.3, 0.4) is 0 Å². The van der Waals surface area contributed by atoms with Gasteiger partial charge in [0, 0.05) is 22.2 Å². The highest BCUT2D eigenvalue weighted by atomic mass is 35.5. The normalized spacial score (nSPS) is 12.5. The van der Waals surface area contributed by atoms with Crippen molar-refractivity contribution in [2.24, 2.45) is 5.73 Å². The fourth-order valence-electron chi connectivity index (χ4n) is 1.77. The molecule has 5 heteroatoms. The third-order valence-electron chi connectivity index (χ3n) is 2.84. The lowest BCUT2D eigenvalue weighted by atomic mass is 9.99. The van der Waals surface area contributed by atoms with Crippen LogP contribution < -0.4 is 5.73 Å². The van der Waals surface area contributed by atoms with E-state index in [4.69, 9.17) is 17.3 Å². The molecule has 2 aromatic rings. The lowest BCUT2D eigenvalue weighted by Crippen LogP contribution is -2.05. The fourth-order valence-corrected chi connectivity index (χ4v) is 1.99. The molecule has 0 aliphatic carbocycles. The summed E-state index contributed by atoms with van der Waals surface area (Å²) < 4.78 is 39.9. The van der Waals surface area contributed by atoms with E-state index in [1.54, 1.807) is 25.1 Å². The predicted octanol–water partition coefficient (Wildman–Crippen LogP) is 4.44. The Morgan fingerprint density at radius 3 is 2.32 bits per heavy atom. The van der Waals surface area contributed by atoms with Gasteiger partial charge in [-0.3, -0.25) is 0 Å². The summed E-state index contributed by atoms with van der Waals surface area (Å²) in [6, 6.07) is 6.57. The van der Waals surface area contributed by atoms with Gasteiger partial charge in [-0.25, -0.2) is 13.2 Å². The Balaban J connectivity index is 2.65. The lowest BCUT2D eigenvalue weighted by Gasteiger charge is -2.11. The topological polar surface area (TPSA) is 26.0 Å². The zero-order valence-corrected chi connectivity index (χ0v) is 10.8. The average Bonchev–Trinajstić information content (AvgIpc) is 2.37. The molecule has 0 radical (unpaired) electrons. The van der Waals surface area contributed by atoms with Gasteiger partial charge >= 0.3 is 0 Å². The number of hydrogen-bond donors (Lipinski definition) is 1. The Kier molecular flexibility index (Phi) is 3.83. The zero-order valence-electron chi connectivity index (χ0n) is 10.1. The first-order valence-electron chi connectivity index (χ1n) is 5.60. The van der Waals surface area contributed by atoms with Gasteiger partial charge in [-0.1, -0.05) is 17.7 Å². The van der Waals surface area contributed by atoms with Crippen LogP contribution in [0.2, 0.25) is 5.02 Å².